The number of carbonyl (C=O) groups excluding carboxylic acids is 1. The van der Waals surface area contributed by atoms with Gasteiger partial charge in [0.05, 0.1) is 17.6 Å². The molecule has 6 nitrogen and oxygen atoms in total. The van der Waals surface area contributed by atoms with Crippen molar-refractivity contribution in [3.63, 3.8) is 0 Å². The van der Waals surface area contributed by atoms with E-state index in [9.17, 15) is 4.79 Å². The van der Waals surface area contributed by atoms with Crippen LogP contribution in [-0.4, -0.2) is 54.0 Å². The Morgan fingerprint density at radius 3 is 2.67 bits per heavy atom. The minimum Gasteiger partial charge on any atom is -0.354 e. The van der Waals surface area contributed by atoms with Crippen LogP contribution in [0.3, 0.4) is 0 Å². The smallest absolute Gasteiger partial charge is 0.267 e. The molecule has 4 rings (SSSR count). The highest BCUT2D eigenvalue weighted by molar-refractivity contribution is 7.17. The Balaban J connectivity index is 1.44. The summed E-state index contributed by atoms with van der Waals surface area (Å²) in [6.45, 7) is 5.89. The molecule has 1 aliphatic heterocycles. The van der Waals surface area contributed by atoms with Crippen LogP contribution in [0.4, 0.5) is 11.5 Å². The van der Waals surface area contributed by atoms with Crippen LogP contribution in [0, 0.1) is 6.92 Å². The van der Waals surface area contributed by atoms with Crippen molar-refractivity contribution in [1.82, 2.24) is 14.9 Å². The molecule has 0 saturated carbocycles. The van der Waals surface area contributed by atoms with Crippen LogP contribution in [-0.2, 0) is 0 Å². The number of rotatable bonds is 4. The van der Waals surface area contributed by atoms with Gasteiger partial charge in [0.15, 0.2) is 0 Å². The second-order valence-electron chi connectivity index (χ2n) is 6.60. The number of amides is 1. The van der Waals surface area contributed by atoms with Gasteiger partial charge in [-0.05, 0) is 37.6 Å². The first kappa shape index (κ1) is 18.1. The van der Waals surface area contributed by atoms with Crippen molar-refractivity contribution in [2.75, 3.05) is 43.4 Å². The third kappa shape index (κ3) is 4.02. The zero-order valence-corrected chi connectivity index (χ0v) is 16.9. The molecular formula is C19H21N5OS2. The summed E-state index contributed by atoms with van der Waals surface area (Å²) in [5.41, 5.74) is 2.51. The number of hydrogen-bond donors (Lipinski definition) is 1. The van der Waals surface area contributed by atoms with E-state index in [1.807, 2.05) is 35.9 Å². The van der Waals surface area contributed by atoms with E-state index < -0.39 is 0 Å². The number of likely N-dealkylation sites (N-methyl/N-ethyl adjacent to an activating group) is 1. The van der Waals surface area contributed by atoms with E-state index in [1.165, 1.54) is 11.3 Å². The molecule has 3 aromatic heterocycles. The van der Waals surface area contributed by atoms with Gasteiger partial charge in [-0.25, -0.2) is 9.97 Å². The molecular weight excluding hydrogens is 378 g/mol. The van der Waals surface area contributed by atoms with E-state index in [4.69, 9.17) is 0 Å². The number of aryl methyl sites for hydroxylation is 1. The van der Waals surface area contributed by atoms with E-state index in [0.29, 0.717) is 10.6 Å². The second-order valence-corrected chi connectivity index (χ2v) is 8.37. The van der Waals surface area contributed by atoms with Crippen LogP contribution in [0.25, 0.3) is 10.6 Å². The van der Waals surface area contributed by atoms with Gasteiger partial charge in [0, 0.05) is 37.1 Å². The first-order valence-corrected chi connectivity index (χ1v) is 10.6. The first-order valence-electron chi connectivity index (χ1n) is 8.81. The summed E-state index contributed by atoms with van der Waals surface area (Å²) in [5.74, 6) is 0.815. The lowest BCUT2D eigenvalue weighted by Gasteiger charge is -2.33. The molecule has 1 aliphatic rings. The molecule has 27 heavy (non-hydrogen) atoms. The number of nitrogens with one attached hydrogen (secondary N) is 1. The van der Waals surface area contributed by atoms with Gasteiger partial charge in [-0.3, -0.25) is 4.79 Å². The summed E-state index contributed by atoms with van der Waals surface area (Å²) in [7, 11) is 2.13. The lowest BCUT2D eigenvalue weighted by Crippen LogP contribution is -2.44. The molecule has 1 N–H and O–H groups in total. The summed E-state index contributed by atoms with van der Waals surface area (Å²) < 4.78 is 0. The largest absolute Gasteiger partial charge is 0.354 e. The van der Waals surface area contributed by atoms with E-state index >= 15 is 0 Å². The van der Waals surface area contributed by atoms with E-state index in [1.54, 1.807) is 17.5 Å². The maximum atomic E-state index is 12.7. The first-order chi connectivity index (χ1) is 13.1. The predicted octanol–water partition coefficient (Wildman–Crippen LogP) is 3.58. The molecule has 0 unspecified atom stereocenters. The molecule has 0 radical (unpaired) electrons. The minimum absolute atomic E-state index is 0.138. The topological polar surface area (TPSA) is 61.4 Å². The molecule has 0 bridgehead atoms. The fraction of sp³-hybridized carbons (Fsp3) is 0.316. The van der Waals surface area contributed by atoms with Crippen molar-refractivity contribution < 1.29 is 4.79 Å². The summed E-state index contributed by atoms with van der Waals surface area (Å²) >= 11 is 3.05. The summed E-state index contributed by atoms with van der Waals surface area (Å²) in [5, 5.41) is 7.87. The number of thiophene rings is 1. The van der Waals surface area contributed by atoms with Gasteiger partial charge in [0.25, 0.3) is 5.91 Å². The molecule has 1 amide bonds. The van der Waals surface area contributed by atoms with Gasteiger partial charge in [0.2, 0.25) is 0 Å². The SMILES string of the molecule is Cc1nc(-c2ccsc2)sc1C(=O)Nc1ccc(N2CCN(C)CC2)nc1. The summed E-state index contributed by atoms with van der Waals surface area (Å²) in [4.78, 5) is 26.9. The van der Waals surface area contributed by atoms with E-state index in [2.05, 4.69) is 32.1 Å². The Bertz CT molecular complexity index is 912. The van der Waals surface area contributed by atoms with Crippen molar-refractivity contribution in [1.29, 1.82) is 0 Å². The van der Waals surface area contributed by atoms with Gasteiger partial charge in [0.1, 0.15) is 15.7 Å². The molecule has 1 fully saturated rings. The maximum absolute atomic E-state index is 12.7. The van der Waals surface area contributed by atoms with Crippen molar-refractivity contribution in [3.8, 4) is 10.6 Å². The van der Waals surface area contributed by atoms with Gasteiger partial charge in [-0.15, -0.1) is 11.3 Å². The molecule has 0 atom stereocenters. The lowest BCUT2D eigenvalue weighted by atomic mass is 10.3. The van der Waals surface area contributed by atoms with Gasteiger partial charge in [-0.2, -0.15) is 11.3 Å². The van der Waals surface area contributed by atoms with Crippen LogP contribution in [0.2, 0.25) is 0 Å². The highest BCUT2D eigenvalue weighted by atomic mass is 32.1. The zero-order chi connectivity index (χ0) is 18.8. The van der Waals surface area contributed by atoms with E-state index in [0.717, 1.165) is 48.3 Å². The Labute approximate surface area is 166 Å². The van der Waals surface area contributed by atoms with Crippen molar-refractivity contribution in [2.24, 2.45) is 0 Å². The van der Waals surface area contributed by atoms with Gasteiger partial charge >= 0.3 is 0 Å². The molecule has 3 aromatic rings. The Morgan fingerprint density at radius 1 is 1.19 bits per heavy atom. The normalized spacial score (nSPS) is 15.1. The number of aromatic nitrogens is 2. The predicted molar refractivity (Wildman–Crippen MR) is 112 cm³/mol. The molecule has 140 valence electrons. The van der Waals surface area contributed by atoms with Crippen LogP contribution in [0.1, 0.15) is 15.4 Å². The number of thiazole rings is 1. The van der Waals surface area contributed by atoms with Gasteiger partial charge < -0.3 is 15.1 Å². The average Bonchev–Trinajstić information content (AvgIpc) is 3.33. The fourth-order valence-corrected chi connectivity index (χ4v) is 4.66. The summed E-state index contributed by atoms with van der Waals surface area (Å²) in [6, 6.07) is 5.90. The molecule has 0 aromatic carbocycles. The Morgan fingerprint density at radius 2 is 2.00 bits per heavy atom. The average molecular weight is 400 g/mol. The fourth-order valence-electron chi connectivity index (χ4n) is 2.99. The quantitative estimate of drug-likeness (QED) is 0.727. The van der Waals surface area contributed by atoms with Crippen molar-refractivity contribution >= 4 is 40.1 Å². The molecule has 4 heterocycles. The Kier molecular flexibility index (Phi) is 5.20. The van der Waals surface area contributed by atoms with Crippen LogP contribution < -0.4 is 10.2 Å². The van der Waals surface area contributed by atoms with Crippen LogP contribution in [0.5, 0.6) is 0 Å². The Hall–Kier alpha value is -2.29. The summed E-state index contributed by atoms with van der Waals surface area (Å²) in [6.07, 6.45) is 1.72. The number of carbonyl (C=O) groups is 1. The third-order valence-electron chi connectivity index (χ3n) is 4.60. The van der Waals surface area contributed by atoms with E-state index in [-0.39, 0.29) is 5.91 Å². The second kappa shape index (κ2) is 7.75. The van der Waals surface area contributed by atoms with Crippen molar-refractivity contribution in [3.05, 3.63) is 45.7 Å². The minimum atomic E-state index is -0.138. The number of pyridine rings is 1. The number of hydrogen-bond acceptors (Lipinski definition) is 7. The van der Waals surface area contributed by atoms with Crippen LogP contribution in [0.15, 0.2) is 35.2 Å². The maximum Gasteiger partial charge on any atom is 0.267 e. The number of piperazine rings is 1. The molecule has 8 heteroatoms. The highest BCUT2D eigenvalue weighted by Crippen LogP contribution is 2.30. The monoisotopic (exact) mass is 399 g/mol. The number of nitrogens with zero attached hydrogens (tertiary/aromatic N) is 4. The standard InChI is InChI=1S/C19H21N5OS2/c1-13-17(27-19(21-13)14-5-10-26-12-14)18(25)22-15-3-4-16(20-11-15)24-8-6-23(2)7-9-24/h3-5,10-12H,6-9H2,1-2H3,(H,22,25). The lowest BCUT2D eigenvalue weighted by molar-refractivity contribution is 0.103. The zero-order valence-electron chi connectivity index (χ0n) is 15.3. The van der Waals surface area contributed by atoms with Crippen LogP contribution >= 0.6 is 22.7 Å². The third-order valence-corrected chi connectivity index (χ3v) is 6.49. The van der Waals surface area contributed by atoms with Crippen molar-refractivity contribution in [2.45, 2.75) is 6.92 Å². The highest BCUT2D eigenvalue weighted by Gasteiger charge is 2.18. The molecule has 0 spiro atoms. The molecule has 0 aliphatic carbocycles. The van der Waals surface area contributed by atoms with Gasteiger partial charge in [-0.1, -0.05) is 0 Å². The molecule has 1 saturated heterocycles. The number of anilines is 2.